The fourth-order valence-electron chi connectivity index (χ4n) is 3.71. The maximum atomic E-state index is 12.6. The van der Waals surface area contributed by atoms with Gasteiger partial charge in [-0.2, -0.15) is 0 Å². The second-order valence-electron chi connectivity index (χ2n) is 7.11. The molecule has 1 fully saturated rings. The van der Waals surface area contributed by atoms with Crippen molar-refractivity contribution >= 4 is 17.7 Å². The van der Waals surface area contributed by atoms with E-state index in [0.29, 0.717) is 16.7 Å². The van der Waals surface area contributed by atoms with Crippen LogP contribution < -0.4 is 5.32 Å². The lowest BCUT2D eigenvalue weighted by molar-refractivity contribution is 0.0693. The standard InChI is InChI=1S/C21H21N3O3/c1-23-20(26)17-8-7-15(11-18(17)21(23)27)19(25)22-16-9-10-24(13-16)12-14-5-3-2-4-6-14/h2-8,11,16H,9-10,12-13H2,1H3,(H,22,25). The first-order chi connectivity index (χ1) is 13.0. The first kappa shape index (κ1) is 17.4. The second kappa shape index (κ2) is 6.96. The average Bonchev–Trinajstić information content (AvgIpc) is 3.20. The molecule has 2 heterocycles. The lowest BCUT2D eigenvalue weighted by atomic mass is 10.0. The van der Waals surface area contributed by atoms with Gasteiger partial charge in [0.1, 0.15) is 0 Å². The molecule has 4 rings (SSSR count). The van der Waals surface area contributed by atoms with Crippen molar-refractivity contribution in [1.82, 2.24) is 15.1 Å². The summed E-state index contributed by atoms with van der Waals surface area (Å²) in [5, 5.41) is 3.05. The Kier molecular flexibility index (Phi) is 4.49. The molecule has 1 atom stereocenters. The van der Waals surface area contributed by atoms with Crippen LogP contribution in [0.2, 0.25) is 0 Å². The molecule has 0 bridgehead atoms. The Morgan fingerprint density at radius 1 is 1.07 bits per heavy atom. The second-order valence-corrected chi connectivity index (χ2v) is 7.11. The van der Waals surface area contributed by atoms with E-state index in [9.17, 15) is 14.4 Å². The van der Waals surface area contributed by atoms with Crippen LogP contribution >= 0.6 is 0 Å². The molecule has 0 aromatic heterocycles. The SMILES string of the molecule is CN1C(=O)c2ccc(C(=O)NC3CCN(Cc4ccccc4)C3)cc2C1=O. The largest absolute Gasteiger partial charge is 0.348 e. The zero-order chi connectivity index (χ0) is 19.0. The number of fused-ring (bicyclic) bond motifs is 1. The molecule has 138 valence electrons. The van der Waals surface area contributed by atoms with Crippen molar-refractivity contribution in [3.05, 3.63) is 70.8 Å². The minimum absolute atomic E-state index is 0.0782. The molecule has 2 aliphatic heterocycles. The van der Waals surface area contributed by atoms with E-state index in [1.54, 1.807) is 12.1 Å². The molecule has 6 nitrogen and oxygen atoms in total. The minimum atomic E-state index is -0.362. The normalized spacial score (nSPS) is 19.4. The number of imide groups is 1. The Morgan fingerprint density at radius 2 is 1.81 bits per heavy atom. The molecule has 0 saturated carbocycles. The summed E-state index contributed by atoms with van der Waals surface area (Å²) >= 11 is 0. The molecule has 3 amide bonds. The van der Waals surface area contributed by atoms with Gasteiger partial charge < -0.3 is 5.32 Å². The Balaban J connectivity index is 1.39. The molecule has 0 spiro atoms. The highest BCUT2D eigenvalue weighted by atomic mass is 16.2. The lowest BCUT2D eigenvalue weighted by Crippen LogP contribution is -2.37. The Morgan fingerprint density at radius 3 is 2.59 bits per heavy atom. The fourth-order valence-corrected chi connectivity index (χ4v) is 3.71. The zero-order valence-corrected chi connectivity index (χ0v) is 15.1. The van der Waals surface area contributed by atoms with E-state index in [-0.39, 0.29) is 23.8 Å². The van der Waals surface area contributed by atoms with Gasteiger partial charge in [0.15, 0.2) is 0 Å². The Labute approximate surface area is 157 Å². The molecule has 1 unspecified atom stereocenters. The smallest absolute Gasteiger partial charge is 0.261 e. The molecule has 0 aliphatic carbocycles. The number of hydrogen-bond donors (Lipinski definition) is 1. The molecule has 2 aromatic rings. The highest BCUT2D eigenvalue weighted by Crippen LogP contribution is 2.23. The third-order valence-electron chi connectivity index (χ3n) is 5.21. The summed E-state index contributed by atoms with van der Waals surface area (Å²) in [5.41, 5.74) is 2.32. The quantitative estimate of drug-likeness (QED) is 0.843. The van der Waals surface area contributed by atoms with Crippen LogP contribution in [0.1, 0.15) is 43.1 Å². The predicted octanol–water partition coefficient (Wildman–Crippen LogP) is 1.92. The van der Waals surface area contributed by atoms with Crippen molar-refractivity contribution in [2.75, 3.05) is 20.1 Å². The lowest BCUT2D eigenvalue weighted by Gasteiger charge is -2.17. The van der Waals surface area contributed by atoms with Crippen LogP contribution in [0, 0.1) is 0 Å². The van der Waals surface area contributed by atoms with E-state index in [1.807, 2.05) is 18.2 Å². The van der Waals surface area contributed by atoms with Crippen molar-refractivity contribution in [2.24, 2.45) is 0 Å². The maximum Gasteiger partial charge on any atom is 0.261 e. The molecular weight excluding hydrogens is 342 g/mol. The molecule has 2 aromatic carbocycles. The molecule has 27 heavy (non-hydrogen) atoms. The van der Waals surface area contributed by atoms with Gasteiger partial charge in [-0.3, -0.25) is 24.2 Å². The van der Waals surface area contributed by atoms with Crippen molar-refractivity contribution < 1.29 is 14.4 Å². The third-order valence-corrected chi connectivity index (χ3v) is 5.21. The van der Waals surface area contributed by atoms with Crippen molar-refractivity contribution in [1.29, 1.82) is 0 Å². The van der Waals surface area contributed by atoms with Crippen LogP contribution in [0.15, 0.2) is 48.5 Å². The number of hydrogen-bond acceptors (Lipinski definition) is 4. The van der Waals surface area contributed by atoms with Gasteiger partial charge in [-0.15, -0.1) is 0 Å². The van der Waals surface area contributed by atoms with Crippen LogP contribution in [0.25, 0.3) is 0 Å². The fraction of sp³-hybridized carbons (Fsp3) is 0.286. The number of amides is 3. The van der Waals surface area contributed by atoms with Gasteiger partial charge in [-0.05, 0) is 30.2 Å². The van der Waals surface area contributed by atoms with Crippen LogP contribution in [-0.2, 0) is 6.54 Å². The van der Waals surface area contributed by atoms with Crippen LogP contribution in [-0.4, -0.2) is 53.7 Å². The molecular formula is C21H21N3O3. The monoisotopic (exact) mass is 363 g/mol. The van der Waals surface area contributed by atoms with E-state index in [4.69, 9.17) is 0 Å². The third kappa shape index (κ3) is 3.36. The molecule has 2 aliphatic rings. The van der Waals surface area contributed by atoms with Gasteiger partial charge in [0, 0.05) is 38.3 Å². The van der Waals surface area contributed by atoms with Crippen LogP contribution in [0.3, 0.4) is 0 Å². The number of likely N-dealkylation sites (tertiary alicyclic amines) is 1. The van der Waals surface area contributed by atoms with E-state index in [1.165, 1.54) is 18.7 Å². The van der Waals surface area contributed by atoms with Crippen molar-refractivity contribution in [2.45, 2.75) is 19.0 Å². The van der Waals surface area contributed by atoms with Crippen molar-refractivity contribution in [3.63, 3.8) is 0 Å². The summed E-state index contributed by atoms with van der Waals surface area (Å²) in [6.45, 7) is 2.60. The summed E-state index contributed by atoms with van der Waals surface area (Å²) in [4.78, 5) is 40.1. The number of nitrogens with one attached hydrogen (secondary N) is 1. The van der Waals surface area contributed by atoms with Gasteiger partial charge in [-0.25, -0.2) is 0 Å². The summed E-state index contributed by atoms with van der Waals surface area (Å²) in [6, 6.07) is 15.0. The maximum absolute atomic E-state index is 12.6. The number of nitrogens with zero attached hydrogens (tertiary/aromatic N) is 2. The summed E-state index contributed by atoms with van der Waals surface area (Å²) < 4.78 is 0. The zero-order valence-electron chi connectivity index (χ0n) is 15.1. The van der Waals surface area contributed by atoms with Gasteiger partial charge in [0.05, 0.1) is 11.1 Å². The van der Waals surface area contributed by atoms with Gasteiger partial charge >= 0.3 is 0 Å². The summed E-state index contributed by atoms with van der Waals surface area (Å²) in [6.07, 6.45) is 0.893. The number of benzene rings is 2. The first-order valence-corrected chi connectivity index (χ1v) is 9.06. The van der Waals surface area contributed by atoms with E-state index in [2.05, 4.69) is 22.3 Å². The van der Waals surface area contributed by atoms with E-state index >= 15 is 0 Å². The molecule has 6 heteroatoms. The number of rotatable bonds is 4. The van der Waals surface area contributed by atoms with Crippen molar-refractivity contribution in [3.8, 4) is 0 Å². The highest BCUT2D eigenvalue weighted by molar-refractivity contribution is 6.21. The van der Waals surface area contributed by atoms with E-state index in [0.717, 1.165) is 31.0 Å². The van der Waals surface area contributed by atoms with Crippen LogP contribution in [0.4, 0.5) is 0 Å². The summed E-state index contributed by atoms with van der Waals surface area (Å²) in [7, 11) is 1.45. The van der Waals surface area contributed by atoms with Crippen LogP contribution in [0.5, 0.6) is 0 Å². The van der Waals surface area contributed by atoms with Gasteiger partial charge in [0.2, 0.25) is 0 Å². The topological polar surface area (TPSA) is 69.7 Å². The predicted molar refractivity (Wildman–Crippen MR) is 100 cm³/mol. The number of carbonyl (C=O) groups is 3. The summed E-state index contributed by atoms with van der Waals surface area (Å²) in [5.74, 6) is -0.895. The van der Waals surface area contributed by atoms with E-state index < -0.39 is 0 Å². The highest BCUT2D eigenvalue weighted by Gasteiger charge is 2.33. The molecule has 0 radical (unpaired) electrons. The Hall–Kier alpha value is -2.99. The van der Waals surface area contributed by atoms with Gasteiger partial charge in [-0.1, -0.05) is 30.3 Å². The molecule has 1 saturated heterocycles. The Bertz CT molecular complexity index is 910. The number of carbonyl (C=O) groups excluding carboxylic acids is 3. The minimum Gasteiger partial charge on any atom is -0.348 e. The average molecular weight is 363 g/mol. The molecule has 1 N–H and O–H groups in total. The van der Waals surface area contributed by atoms with Gasteiger partial charge in [0.25, 0.3) is 17.7 Å². The first-order valence-electron chi connectivity index (χ1n) is 9.06.